The number of nitrogens with two attached hydrogens (primary N) is 1. The number of hydrogen-bond acceptors (Lipinski definition) is 2. The van der Waals surface area contributed by atoms with E-state index >= 15 is 0 Å². The van der Waals surface area contributed by atoms with Crippen LogP contribution in [0.3, 0.4) is 0 Å². The van der Waals surface area contributed by atoms with E-state index < -0.39 is 0 Å². The normalized spacial score (nSPS) is 10.5. The number of ether oxygens (including phenoxy) is 1. The molecule has 100 valence electrons. The van der Waals surface area contributed by atoms with Gasteiger partial charge in [0, 0.05) is 15.7 Å². The Morgan fingerprint density at radius 1 is 1.16 bits per heavy atom. The molecule has 0 aliphatic rings. The lowest BCUT2D eigenvalue weighted by Gasteiger charge is -2.13. The van der Waals surface area contributed by atoms with Gasteiger partial charge in [0.25, 0.3) is 0 Å². The third kappa shape index (κ3) is 3.26. The lowest BCUT2D eigenvalue weighted by molar-refractivity contribution is 0.300. The topological polar surface area (TPSA) is 35.2 Å². The second-order valence-electron chi connectivity index (χ2n) is 4.51. The third-order valence-corrected chi connectivity index (χ3v) is 3.64. The maximum absolute atomic E-state index is 13.2. The van der Waals surface area contributed by atoms with Crippen LogP contribution in [-0.4, -0.2) is 0 Å². The van der Waals surface area contributed by atoms with Crippen LogP contribution in [0, 0.1) is 19.7 Å². The Bertz CT molecular complexity index is 590. The minimum atomic E-state index is -0.271. The number of halogens is 2. The molecule has 19 heavy (non-hydrogen) atoms. The minimum absolute atomic E-state index is 0.271. The number of nitrogen functional groups attached to an aromatic ring is 1. The summed E-state index contributed by atoms with van der Waals surface area (Å²) >= 11 is 3.39. The Morgan fingerprint density at radius 2 is 1.79 bits per heavy atom. The van der Waals surface area contributed by atoms with Crippen LogP contribution in [0.5, 0.6) is 5.75 Å². The van der Waals surface area contributed by atoms with Crippen LogP contribution in [0.4, 0.5) is 10.1 Å². The summed E-state index contributed by atoms with van der Waals surface area (Å²) in [6.45, 7) is 4.20. The van der Waals surface area contributed by atoms with Gasteiger partial charge in [-0.3, -0.25) is 0 Å². The van der Waals surface area contributed by atoms with E-state index in [0.717, 1.165) is 26.9 Å². The molecular weight excluding hydrogens is 309 g/mol. The smallest absolute Gasteiger partial charge is 0.125 e. The van der Waals surface area contributed by atoms with Gasteiger partial charge in [0.2, 0.25) is 0 Å². The maximum Gasteiger partial charge on any atom is 0.125 e. The van der Waals surface area contributed by atoms with Crippen molar-refractivity contribution in [1.82, 2.24) is 0 Å². The SMILES string of the molecule is Cc1cc(N)cc(C)c1OCc1cc(F)ccc1Br. The molecule has 0 atom stereocenters. The zero-order chi connectivity index (χ0) is 14.0. The van der Waals surface area contributed by atoms with Gasteiger partial charge in [0.05, 0.1) is 0 Å². The van der Waals surface area contributed by atoms with Crippen LogP contribution in [0.15, 0.2) is 34.8 Å². The molecule has 0 saturated heterocycles. The van der Waals surface area contributed by atoms with Crippen molar-refractivity contribution in [1.29, 1.82) is 0 Å². The molecule has 2 aromatic rings. The fourth-order valence-corrected chi connectivity index (χ4v) is 2.38. The average Bonchev–Trinajstić information content (AvgIpc) is 2.32. The number of hydrogen-bond donors (Lipinski definition) is 1. The quantitative estimate of drug-likeness (QED) is 0.851. The number of aryl methyl sites for hydroxylation is 2. The predicted octanol–water partition coefficient (Wildman–Crippen LogP) is 4.37. The minimum Gasteiger partial charge on any atom is -0.488 e. The van der Waals surface area contributed by atoms with Gasteiger partial charge in [-0.1, -0.05) is 15.9 Å². The van der Waals surface area contributed by atoms with Gasteiger partial charge >= 0.3 is 0 Å². The number of rotatable bonds is 3. The van der Waals surface area contributed by atoms with Crippen LogP contribution in [0.25, 0.3) is 0 Å². The van der Waals surface area contributed by atoms with Gasteiger partial charge in [-0.2, -0.15) is 0 Å². The van der Waals surface area contributed by atoms with Crippen molar-refractivity contribution in [3.05, 3.63) is 57.3 Å². The average molecular weight is 324 g/mol. The summed E-state index contributed by atoms with van der Waals surface area (Å²) in [6, 6.07) is 8.28. The molecule has 0 aliphatic carbocycles. The summed E-state index contributed by atoms with van der Waals surface area (Å²) in [5, 5.41) is 0. The van der Waals surface area contributed by atoms with E-state index in [1.807, 2.05) is 26.0 Å². The lowest BCUT2D eigenvalue weighted by Crippen LogP contribution is -2.01. The third-order valence-electron chi connectivity index (χ3n) is 2.86. The molecule has 2 rings (SSSR count). The van der Waals surface area contributed by atoms with E-state index in [4.69, 9.17) is 10.5 Å². The molecule has 0 aromatic heterocycles. The molecule has 0 spiro atoms. The summed E-state index contributed by atoms with van der Waals surface area (Å²) in [4.78, 5) is 0. The van der Waals surface area contributed by atoms with Gasteiger partial charge in [-0.05, 0) is 55.3 Å². The number of anilines is 1. The number of benzene rings is 2. The molecule has 0 fully saturated rings. The lowest BCUT2D eigenvalue weighted by atomic mass is 10.1. The zero-order valence-electron chi connectivity index (χ0n) is 10.8. The second kappa shape index (κ2) is 5.61. The van der Waals surface area contributed by atoms with E-state index in [1.54, 1.807) is 6.07 Å². The highest BCUT2D eigenvalue weighted by Crippen LogP contribution is 2.28. The molecule has 2 aromatic carbocycles. The molecule has 0 saturated carbocycles. The van der Waals surface area contributed by atoms with Crippen molar-refractivity contribution in [2.45, 2.75) is 20.5 Å². The van der Waals surface area contributed by atoms with Gasteiger partial charge < -0.3 is 10.5 Å². The molecule has 0 heterocycles. The van der Waals surface area contributed by atoms with Crippen molar-refractivity contribution in [3.63, 3.8) is 0 Å². The molecule has 0 amide bonds. The van der Waals surface area contributed by atoms with Gasteiger partial charge in [-0.25, -0.2) is 4.39 Å². The zero-order valence-corrected chi connectivity index (χ0v) is 12.4. The molecule has 2 nitrogen and oxygen atoms in total. The van der Waals surface area contributed by atoms with Crippen molar-refractivity contribution in [2.24, 2.45) is 0 Å². The Morgan fingerprint density at radius 3 is 2.42 bits per heavy atom. The molecule has 0 radical (unpaired) electrons. The molecule has 0 aliphatic heterocycles. The highest BCUT2D eigenvalue weighted by atomic mass is 79.9. The predicted molar refractivity (Wildman–Crippen MR) is 78.8 cm³/mol. The Kier molecular flexibility index (Phi) is 4.10. The van der Waals surface area contributed by atoms with E-state index in [0.29, 0.717) is 12.3 Å². The molecule has 2 N–H and O–H groups in total. The highest BCUT2D eigenvalue weighted by molar-refractivity contribution is 9.10. The first kappa shape index (κ1) is 13.9. The molecule has 4 heteroatoms. The fraction of sp³-hybridized carbons (Fsp3) is 0.200. The van der Waals surface area contributed by atoms with Crippen LogP contribution in [0.2, 0.25) is 0 Å². The Balaban J connectivity index is 2.21. The summed E-state index contributed by atoms with van der Waals surface area (Å²) in [7, 11) is 0. The fourth-order valence-electron chi connectivity index (χ4n) is 2.02. The van der Waals surface area contributed by atoms with Crippen LogP contribution >= 0.6 is 15.9 Å². The van der Waals surface area contributed by atoms with Crippen LogP contribution in [0.1, 0.15) is 16.7 Å². The summed E-state index contributed by atoms with van der Waals surface area (Å²) < 4.78 is 19.8. The summed E-state index contributed by atoms with van der Waals surface area (Å²) in [5.74, 6) is 0.526. The Labute approximate surface area is 120 Å². The van der Waals surface area contributed by atoms with Crippen molar-refractivity contribution < 1.29 is 9.13 Å². The first-order valence-corrected chi connectivity index (χ1v) is 6.70. The van der Waals surface area contributed by atoms with Gasteiger partial charge in [-0.15, -0.1) is 0 Å². The second-order valence-corrected chi connectivity index (χ2v) is 5.36. The Hall–Kier alpha value is -1.55. The monoisotopic (exact) mass is 323 g/mol. The summed E-state index contributed by atoms with van der Waals surface area (Å²) in [6.07, 6.45) is 0. The summed E-state index contributed by atoms with van der Waals surface area (Å²) in [5.41, 5.74) is 9.21. The highest BCUT2D eigenvalue weighted by Gasteiger charge is 2.08. The maximum atomic E-state index is 13.2. The molecule has 0 unspecified atom stereocenters. The molecule has 0 bridgehead atoms. The van der Waals surface area contributed by atoms with Crippen molar-refractivity contribution in [2.75, 3.05) is 5.73 Å². The van der Waals surface area contributed by atoms with E-state index in [2.05, 4.69) is 15.9 Å². The largest absolute Gasteiger partial charge is 0.488 e. The van der Waals surface area contributed by atoms with E-state index in [9.17, 15) is 4.39 Å². The molecular formula is C15H15BrFNO. The van der Waals surface area contributed by atoms with Gasteiger partial charge in [0.15, 0.2) is 0 Å². The van der Waals surface area contributed by atoms with E-state index in [1.165, 1.54) is 12.1 Å². The van der Waals surface area contributed by atoms with Crippen molar-refractivity contribution in [3.8, 4) is 5.75 Å². The van der Waals surface area contributed by atoms with Gasteiger partial charge in [0.1, 0.15) is 18.2 Å². The van der Waals surface area contributed by atoms with Crippen molar-refractivity contribution >= 4 is 21.6 Å². The first-order chi connectivity index (χ1) is 8.97. The first-order valence-electron chi connectivity index (χ1n) is 5.91. The standard InChI is InChI=1S/C15H15BrFNO/c1-9-5-13(18)6-10(2)15(9)19-8-11-7-12(17)3-4-14(11)16/h3-7H,8,18H2,1-2H3. The van der Waals surface area contributed by atoms with Crippen LogP contribution in [-0.2, 0) is 6.61 Å². The van der Waals surface area contributed by atoms with Crippen LogP contribution < -0.4 is 10.5 Å². The van der Waals surface area contributed by atoms with E-state index in [-0.39, 0.29) is 5.82 Å².